The predicted molar refractivity (Wildman–Crippen MR) is 39.3 cm³/mol. The third-order valence-electron chi connectivity index (χ3n) is 1.77. The van der Waals surface area contributed by atoms with E-state index in [1.807, 2.05) is 4.90 Å². The van der Waals surface area contributed by atoms with Gasteiger partial charge in [0, 0.05) is 26.2 Å². The van der Waals surface area contributed by atoms with E-state index in [0.29, 0.717) is 0 Å². The summed E-state index contributed by atoms with van der Waals surface area (Å²) in [5.41, 5.74) is 0. The molecular formula is C7H12N2O. The highest BCUT2D eigenvalue weighted by molar-refractivity contribution is 5.44. The number of hydrogen-bond acceptors (Lipinski definition) is 3. The average molecular weight is 140 g/mol. The molecular weight excluding hydrogens is 128 g/mol. The van der Waals surface area contributed by atoms with Crippen LogP contribution in [-0.4, -0.2) is 49.0 Å². The normalized spacial score (nSPS) is 20.3. The molecule has 3 heteroatoms. The molecule has 3 nitrogen and oxygen atoms in total. The van der Waals surface area contributed by atoms with Crippen LogP contribution in [0.3, 0.4) is 0 Å². The molecule has 1 aliphatic rings. The van der Waals surface area contributed by atoms with Gasteiger partial charge in [-0.15, -0.1) is 0 Å². The molecule has 10 heavy (non-hydrogen) atoms. The van der Waals surface area contributed by atoms with E-state index >= 15 is 0 Å². The Kier molecular flexibility index (Phi) is 2.49. The minimum atomic E-state index is 0.950. The van der Waals surface area contributed by atoms with Crippen LogP contribution in [0.15, 0.2) is 6.20 Å². The van der Waals surface area contributed by atoms with Crippen LogP contribution in [0.5, 0.6) is 0 Å². The van der Waals surface area contributed by atoms with Crippen molar-refractivity contribution in [2.75, 3.05) is 33.2 Å². The Morgan fingerprint density at radius 3 is 2.40 bits per heavy atom. The first-order valence-electron chi connectivity index (χ1n) is 3.46. The van der Waals surface area contributed by atoms with Gasteiger partial charge in [0.1, 0.15) is 5.94 Å². The zero-order valence-electron chi connectivity index (χ0n) is 6.21. The molecule has 0 N–H and O–H groups in total. The van der Waals surface area contributed by atoms with Crippen LogP contribution in [0, 0.1) is 0 Å². The molecule has 1 heterocycles. The zero-order valence-corrected chi connectivity index (χ0v) is 6.21. The number of carbonyl (C=O) groups excluding carboxylic acids is 1. The zero-order chi connectivity index (χ0) is 7.40. The van der Waals surface area contributed by atoms with Crippen molar-refractivity contribution in [2.24, 2.45) is 0 Å². The van der Waals surface area contributed by atoms with Crippen molar-refractivity contribution >= 4 is 5.94 Å². The van der Waals surface area contributed by atoms with E-state index in [4.69, 9.17) is 0 Å². The van der Waals surface area contributed by atoms with Crippen LogP contribution in [-0.2, 0) is 4.79 Å². The van der Waals surface area contributed by atoms with Crippen LogP contribution < -0.4 is 0 Å². The fourth-order valence-corrected chi connectivity index (χ4v) is 1.03. The summed E-state index contributed by atoms with van der Waals surface area (Å²) in [5, 5.41) is 0. The van der Waals surface area contributed by atoms with Gasteiger partial charge < -0.3 is 9.80 Å². The maximum atomic E-state index is 9.92. The van der Waals surface area contributed by atoms with Gasteiger partial charge in [0.15, 0.2) is 0 Å². The van der Waals surface area contributed by atoms with Crippen molar-refractivity contribution in [3.63, 3.8) is 0 Å². The minimum absolute atomic E-state index is 0.950. The molecule has 56 valence electrons. The molecule has 0 unspecified atom stereocenters. The van der Waals surface area contributed by atoms with Crippen LogP contribution in [0.1, 0.15) is 0 Å². The van der Waals surface area contributed by atoms with E-state index in [2.05, 4.69) is 11.9 Å². The van der Waals surface area contributed by atoms with Gasteiger partial charge in [-0.2, -0.15) is 0 Å². The molecule has 0 bridgehead atoms. The summed E-state index contributed by atoms with van der Waals surface area (Å²) in [7, 11) is 2.09. The smallest absolute Gasteiger partial charge is 0.142 e. The second-order valence-corrected chi connectivity index (χ2v) is 2.59. The Bertz CT molecular complexity index is 144. The van der Waals surface area contributed by atoms with Crippen molar-refractivity contribution in [2.45, 2.75) is 0 Å². The third-order valence-corrected chi connectivity index (χ3v) is 1.77. The molecule has 1 fully saturated rings. The second-order valence-electron chi connectivity index (χ2n) is 2.59. The van der Waals surface area contributed by atoms with Crippen molar-refractivity contribution in [1.29, 1.82) is 0 Å². The second kappa shape index (κ2) is 3.40. The SMILES string of the molecule is CN1CCN(C=C=O)CC1. The van der Waals surface area contributed by atoms with E-state index in [0.717, 1.165) is 26.2 Å². The maximum Gasteiger partial charge on any atom is 0.142 e. The van der Waals surface area contributed by atoms with E-state index < -0.39 is 0 Å². The van der Waals surface area contributed by atoms with Gasteiger partial charge in [0.25, 0.3) is 0 Å². The highest BCUT2D eigenvalue weighted by Gasteiger charge is 2.09. The van der Waals surface area contributed by atoms with E-state index in [1.54, 1.807) is 5.94 Å². The van der Waals surface area contributed by atoms with Crippen molar-refractivity contribution in [3.8, 4) is 0 Å². The first kappa shape index (κ1) is 7.32. The lowest BCUT2D eigenvalue weighted by molar-refractivity contribution is 0.199. The lowest BCUT2D eigenvalue weighted by Crippen LogP contribution is -2.41. The summed E-state index contributed by atoms with van der Waals surface area (Å²) in [6, 6.07) is 0. The molecule has 0 aromatic rings. The van der Waals surface area contributed by atoms with Gasteiger partial charge in [-0.25, -0.2) is 4.79 Å². The summed E-state index contributed by atoms with van der Waals surface area (Å²) in [6.07, 6.45) is 1.49. The van der Waals surface area contributed by atoms with Crippen molar-refractivity contribution in [1.82, 2.24) is 9.80 Å². The van der Waals surface area contributed by atoms with E-state index in [9.17, 15) is 4.79 Å². The first-order valence-corrected chi connectivity index (χ1v) is 3.46. The van der Waals surface area contributed by atoms with Crippen LogP contribution >= 0.6 is 0 Å². The Balaban J connectivity index is 2.32. The van der Waals surface area contributed by atoms with Crippen molar-refractivity contribution < 1.29 is 4.79 Å². The molecule has 1 saturated heterocycles. The summed E-state index contributed by atoms with van der Waals surface area (Å²) in [4.78, 5) is 14.2. The molecule has 0 saturated carbocycles. The lowest BCUT2D eigenvalue weighted by atomic mass is 10.3. The van der Waals surface area contributed by atoms with Gasteiger partial charge in [-0.3, -0.25) is 0 Å². The Labute approximate surface area is 60.9 Å². The van der Waals surface area contributed by atoms with E-state index in [1.165, 1.54) is 6.20 Å². The molecule has 0 aromatic carbocycles. The quantitative estimate of drug-likeness (QED) is 0.462. The fraction of sp³-hybridized carbons (Fsp3) is 0.714. The number of hydrogen-bond donors (Lipinski definition) is 0. The van der Waals surface area contributed by atoms with Crippen LogP contribution in [0.2, 0.25) is 0 Å². The summed E-state index contributed by atoms with van der Waals surface area (Å²) in [5.74, 6) is 1.78. The minimum Gasteiger partial charge on any atom is -0.366 e. The van der Waals surface area contributed by atoms with Gasteiger partial charge in [0.2, 0.25) is 0 Å². The predicted octanol–water partition coefficient (Wildman–Crippen LogP) is -0.421. The van der Waals surface area contributed by atoms with E-state index in [-0.39, 0.29) is 0 Å². The maximum absolute atomic E-state index is 9.92. The van der Waals surface area contributed by atoms with Gasteiger partial charge in [-0.05, 0) is 7.05 Å². The summed E-state index contributed by atoms with van der Waals surface area (Å²) < 4.78 is 0. The average Bonchev–Trinajstić information content (AvgIpc) is 1.95. The monoisotopic (exact) mass is 140 g/mol. The molecule has 0 atom stereocenters. The van der Waals surface area contributed by atoms with Gasteiger partial charge in [-0.1, -0.05) is 0 Å². The molecule has 0 spiro atoms. The number of piperazine rings is 1. The standard InChI is InChI=1S/C7H12N2O/c1-8-2-4-9(5-3-8)6-7-10/h6H,2-5H2,1H3. The number of rotatable bonds is 1. The fourth-order valence-electron chi connectivity index (χ4n) is 1.03. The molecule has 1 aliphatic heterocycles. The van der Waals surface area contributed by atoms with Crippen LogP contribution in [0.4, 0.5) is 0 Å². The van der Waals surface area contributed by atoms with Crippen molar-refractivity contribution in [3.05, 3.63) is 6.20 Å². The summed E-state index contributed by atoms with van der Waals surface area (Å²) in [6.45, 7) is 3.98. The first-order chi connectivity index (χ1) is 4.83. The van der Waals surface area contributed by atoms with Gasteiger partial charge >= 0.3 is 0 Å². The summed E-state index contributed by atoms with van der Waals surface area (Å²) >= 11 is 0. The molecule has 0 aliphatic carbocycles. The lowest BCUT2D eigenvalue weighted by Gasteiger charge is -2.30. The highest BCUT2D eigenvalue weighted by Crippen LogP contribution is 1.97. The van der Waals surface area contributed by atoms with Gasteiger partial charge in [0.05, 0.1) is 6.20 Å². The Morgan fingerprint density at radius 1 is 1.30 bits per heavy atom. The molecule has 0 radical (unpaired) electrons. The highest BCUT2D eigenvalue weighted by atomic mass is 16.1. The largest absolute Gasteiger partial charge is 0.366 e. The molecule has 1 rings (SSSR count). The number of nitrogens with zero attached hydrogens (tertiary/aromatic N) is 2. The third kappa shape index (κ3) is 1.87. The molecule has 0 aromatic heterocycles. The van der Waals surface area contributed by atoms with Crippen LogP contribution in [0.25, 0.3) is 0 Å². The molecule has 0 amide bonds. The topological polar surface area (TPSA) is 23.6 Å². The number of likely N-dealkylation sites (N-methyl/N-ethyl adjacent to an activating group) is 1. The Morgan fingerprint density at radius 2 is 1.90 bits per heavy atom. The Hall–Kier alpha value is -0.790.